The molecule has 0 atom stereocenters. The predicted octanol–water partition coefficient (Wildman–Crippen LogP) is 2.16. The number of rotatable bonds is 6. The van der Waals surface area contributed by atoms with E-state index in [1.54, 1.807) is 0 Å². The van der Waals surface area contributed by atoms with Crippen molar-refractivity contribution in [1.82, 2.24) is 19.9 Å². The number of nitrogens with one attached hydrogen (secondary N) is 2. The van der Waals surface area contributed by atoms with Gasteiger partial charge in [0.15, 0.2) is 11.5 Å². The van der Waals surface area contributed by atoms with E-state index in [-0.39, 0.29) is 0 Å². The first-order valence-electron chi connectivity index (χ1n) is 6.38. The van der Waals surface area contributed by atoms with Crippen molar-refractivity contribution in [1.29, 1.82) is 0 Å². The summed E-state index contributed by atoms with van der Waals surface area (Å²) in [5.41, 5.74) is -0.593. The molecule has 2 aromatic heterocycles. The highest BCUT2D eigenvalue weighted by molar-refractivity contribution is 5.67. The molecule has 2 heterocycles. The smallest absolute Gasteiger partial charge is 0.368 e. The zero-order chi connectivity index (χ0) is 14.6. The molecule has 8 heteroatoms. The van der Waals surface area contributed by atoms with Gasteiger partial charge >= 0.3 is 6.18 Å². The molecule has 0 bridgehead atoms. The molecule has 0 aromatic carbocycles. The molecule has 0 amide bonds. The maximum absolute atomic E-state index is 12.6. The second-order valence-electron chi connectivity index (χ2n) is 4.27. The fourth-order valence-electron chi connectivity index (χ4n) is 1.79. The normalized spacial score (nSPS) is 12.0. The van der Waals surface area contributed by atoms with Crippen molar-refractivity contribution in [3.8, 4) is 0 Å². The number of alkyl halides is 3. The van der Waals surface area contributed by atoms with E-state index in [0.717, 1.165) is 25.6 Å². The van der Waals surface area contributed by atoms with Gasteiger partial charge in [0.25, 0.3) is 0 Å². The lowest BCUT2D eigenvalue weighted by atomic mass is 10.3. The molecule has 110 valence electrons. The number of nitrogens with zero attached hydrogens (tertiary/aromatic N) is 3. The van der Waals surface area contributed by atoms with Crippen LogP contribution < -0.4 is 10.6 Å². The summed E-state index contributed by atoms with van der Waals surface area (Å²) >= 11 is 0. The van der Waals surface area contributed by atoms with Crippen molar-refractivity contribution < 1.29 is 13.2 Å². The maximum Gasteiger partial charge on any atom is 0.435 e. The molecule has 2 aromatic rings. The lowest BCUT2D eigenvalue weighted by Gasteiger charge is -2.06. The van der Waals surface area contributed by atoms with Gasteiger partial charge in [-0.05, 0) is 19.5 Å². The van der Waals surface area contributed by atoms with Gasteiger partial charge in [0.1, 0.15) is 5.52 Å². The molecular weight excluding hydrogens is 271 g/mol. The summed E-state index contributed by atoms with van der Waals surface area (Å²) in [5.74, 6) is 0.409. The van der Waals surface area contributed by atoms with Crippen molar-refractivity contribution >= 4 is 11.3 Å². The second-order valence-corrected chi connectivity index (χ2v) is 4.27. The Morgan fingerprint density at radius 2 is 2.10 bits per heavy atom. The molecule has 0 saturated heterocycles. The van der Waals surface area contributed by atoms with Gasteiger partial charge in [-0.25, -0.2) is 9.50 Å². The van der Waals surface area contributed by atoms with Gasteiger partial charge in [-0.2, -0.15) is 18.3 Å². The van der Waals surface area contributed by atoms with E-state index in [1.807, 2.05) is 6.92 Å². The van der Waals surface area contributed by atoms with E-state index < -0.39 is 11.9 Å². The van der Waals surface area contributed by atoms with E-state index >= 15 is 0 Å². The third-order valence-corrected chi connectivity index (χ3v) is 2.75. The van der Waals surface area contributed by atoms with Gasteiger partial charge in [-0.3, -0.25) is 0 Å². The van der Waals surface area contributed by atoms with Crippen LogP contribution in [0.4, 0.5) is 19.0 Å². The van der Waals surface area contributed by atoms with Gasteiger partial charge in [0, 0.05) is 25.0 Å². The van der Waals surface area contributed by atoms with E-state index in [4.69, 9.17) is 0 Å². The standard InChI is InChI=1S/C12H16F3N5/c1-2-16-4-3-5-17-11-9-8-10(12(13,14)15)19-20(9)7-6-18-11/h6-8,16H,2-5H2,1H3,(H,17,18). The molecule has 0 aliphatic rings. The fourth-order valence-corrected chi connectivity index (χ4v) is 1.79. The number of anilines is 1. The summed E-state index contributed by atoms with van der Waals surface area (Å²) < 4.78 is 39.1. The Labute approximate surface area is 114 Å². The average Bonchev–Trinajstić information content (AvgIpc) is 2.83. The first kappa shape index (κ1) is 14.6. The number of fused-ring (bicyclic) bond motifs is 1. The number of halogens is 3. The zero-order valence-corrected chi connectivity index (χ0v) is 11.0. The highest BCUT2D eigenvalue weighted by Gasteiger charge is 2.34. The summed E-state index contributed by atoms with van der Waals surface area (Å²) in [6.45, 7) is 4.39. The van der Waals surface area contributed by atoms with Gasteiger partial charge in [0.05, 0.1) is 0 Å². The van der Waals surface area contributed by atoms with Crippen LogP contribution in [0.1, 0.15) is 19.0 Å². The van der Waals surface area contributed by atoms with E-state index in [9.17, 15) is 13.2 Å². The van der Waals surface area contributed by atoms with Crippen LogP contribution in [-0.2, 0) is 6.18 Å². The Hall–Kier alpha value is -1.83. The molecule has 0 saturated carbocycles. The van der Waals surface area contributed by atoms with Crippen LogP contribution in [-0.4, -0.2) is 34.2 Å². The zero-order valence-electron chi connectivity index (χ0n) is 11.0. The Balaban J connectivity index is 2.11. The lowest BCUT2D eigenvalue weighted by molar-refractivity contribution is -0.141. The minimum Gasteiger partial charge on any atom is -0.368 e. The van der Waals surface area contributed by atoms with Crippen LogP contribution >= 0.6 is 0 Å². The topological polar surface area (TPSA) is 54.2 Å². The lowest BCUT2D eigenvalue weighted by Crippen LogP contribution is -2.17. The number of hydrogen-bond donors (Lipinski definition) is 2. The van der Waals surface area contributed by atoms with Gasteiger partial charge < -0.3 is 10.6 Å². The Morgan fingerprint density at radius 3 is 2.80 bits per heavy atom. The SMILES string of the molecule is CCNCCCNc1nccn2nc(C(F)(F)F)cc12. The molecule has 0 unspecified atom stereocenters. The van der Waals surface area contributed by atoms with Gasteiger partial charge in [0.2, 0.25) is 0 Å². The Morgan fingerprint density at radius 1 is 1.30 bits per heavy atom. The molecule has 20 heavy (non-hydrogen) atoms. The third-order valence-electron chi connectivity index (χ3n) is 2.75. The first-order chi connectivity index (χ1) is 9.52. The Bertz CT molecular complexity index is 564. The van der Waals surface area contributed by atoms with Crippen LogP contribution in [0.15, 0.2) is 18.5 Å². The molecule has 0 aliphatic carbocycles. The van der Waals surface area contributed by atoms with Crippen molar-refractivity contribution in [2.75, 3.05) is 25.0 Å². The van der Waals surface area contributed by atoms with Crippen LogP contribution in [0.3, 0.4) is 0 Å². The number of aromatic nitrogens is 3. The van der Waals surface area contributed by atoms with Crippen molar-refractivity contribution in [2.24, 2.45) is 0 Å². The first-order valence-corrected chi connectivity index (χ1v) is 6.38. The van der Waals surface area contributed by atoms with Crippen LogP contribution in [0, 0.1) is 0 Å². The minimum absolute atomic E-state index is 0.322. The van der Waals surface area contributed by atoms with Crippen LogP contribution in [0.5, 0.6) is 0 Å². The largest absolute Gasteiger partial charge is 0.435 e. The quantitative estimate of drug-likeness (QED) is 0.799. The van der Waals surface area contributed by atoms with Gasteiger partial charge in [-0.1, -0.05) is 6.92 Å². The molecule has 5 nitrogen and oxygen atoms in total. The monoisotopic (exact) mass is 287 g/mol. The second kappa shape index (κ2) is 6.08. The van der Waals surface area contributed by atoms with E-state index in [0.29, 0.717) is 17.9 Å². The molecule has 0 aliphatic heterocycles. The summed E-state index contributed by atoms with van der Waals surface area (Å²) in [5, 5.41) is 9.70. The average molecular weight is 287 g/mol. The summed E-state index contributed by atoms with van der Waals surface area (Å²) in [4.78, 5) is 4.06. The fraction of sp³-hybridized carbons (Fsp3) is 0.500. The highest BCUT2D eigenvalue weighted by Crippen LogP contribution is 2.29. The van der Waals surface area contributed by atoms with E-state index in [2.05, 4.69) is 20.7 Å². The molecule has 0 fully saturated rings. The van der Waals surface area contributed by atoms with Crippen molar-refractivity contribution in [2.45, 2.75) is 19.5 Å². The van der Waals surface area contributed by atoms with Crippen molar-refractivity contribution in [3.05, 3.63) is 24.2 Å². The predicted molar refractivity (Wildman–Crippen MR) is 69.6 cm³/mol. The third kappa shape index (κ3) is 3.38. The van der Waals surface area contributed by atoms with Crippen molar-refractivity contribution in [3.63, 3.8) is 0 Å². The van der Waals surface area contributed by atoms with Crippen LogP contribution in [0.2, 0.25) is 0 Å². The maximum atomic E-state index is 12.6. The highest BCUT2D eigenvalue weighted by atomic mass is 19.4. The minimum atomic E-state index is -4.45. The molecule has 2 rings (SSSR count). The Kier molecular flexibility index (Phi) is 4.43. The van der Waals surface area contributed by atoms with Gasteiger partial charge in [-0.15, -0.1) is 0 Å². The number of hydrogen-bond acceptors (Lipinski definition) is 4. The molecular formula is C12H16F3N5. The molecule has 0 radical (unpaired) electrons. The summed E-state index contributed by atoms with van der Waals surface area (Å²) in [6.07, 6.45) is -0.771. The summed E-state index contributed by atoms with van der Waals surface area (Å²) in [7, 11) is 0. The molecule has 2 N–H and O–H groups in total. The summed E-state index contributed by atoms with van der Waals surface area (Å²) in [6, 6.07) is 1.000. The van der Waals surface area contributed by atoms with E-state index in [1.165, 1.54) is 16.9 Å². The molecule has 0 spiro atoms. The van der Waals surface area contributed by atoms with Crippen LogP contribution in [0.25, 0.3) is 5.52 Å².